The maximum absolute atomic E-state index is 12.3. The van der Waals surface area contributed by atoms with Gasteiger partial charge in [-0.25, -0.2) is 0 Å². The molecule has 1 N–H and O–H groups in total. The van der Waals surface area contributed by atoms with E-state index in [1.165, 1.54) is 10.4 Å². The molecule has 106 valence electrons. The van der Waals surface area contributed by atoms with Gasteiger partial charge < -0.3 is 5.11 Å². The van der Waals surface area contributed by atoms with Crippen LogP contribution in [-0.2, 0) is 15.0 Å². The van der Waals surface area contributed by atoms with E-state index < -0.39 is 22.7 Å². The van der Waals surface area contributed by atoms with E-state index in [0.717, 1.165) is 4.31 Å². The van der Waals surface area contributed by atoms with Gasteiger partial charge in [-0.3, -0.25) is 4.79 Å². The zero-order valence-corrected chi connectivity index (χ0v) is 11.8. The van der Waals surface area contributed by atoms with Gasteiger partial charge in [0.25, 0.3) is 10.2 Å². The lowest BCUT2D eigenvalue weighted by molar-refractivity contribution is -0.137. The van der Waals surface area contributed by atoms with Crippen LogP contribution in [0, 0.1) is 0 Å². The Morgan fingerprint density at radius 3 is 2.06 bits per heavy atom. The molecule has 0 rings (SSSR count). The van der Waals surface area contributed by atoms with E-state index in [-0.39, 0.29) is 6.54 Å². The lowest BCUT2D eigenvalue weighted by atomic mass is 10.4. The Labute approximate surface area is 109 Å². The van der Waals surface area contributed by atoms with Crippen LogP contribution in [0.25, 0.3) is 0 Å². The summed E-state index contributed by atoms with van der Waals surface area (Å²) in [6, 6.07) is 0. The SMILES string of the molecule is C=CCN(CC(=O)O)S(=O)(=O)N(CCC)CCC. The number of carboxylic acids is 1. The first-order valence-electron chi connectivity index (χ1n) is 5.98. The molecule has 0 saturated heterocycles. The minimum Gasteiger partial charge on any atom is -0.480 e. The van der Waals surface area contributed by atoms with E-state index in [1.807, 2.05) is 13.8 Å². The first kappa shape index (κ1) is 17.1. The third kappa shape index (κ3) is 5.16. The summed E-state index contributed by atoms with van der Waals surface area (Å²) in [6.45, 7) is 7.46. The molecule has 0 aliphatic rings. The third-order valence-corrected chi connectivity index (χ3v) is 4.19. The second kappa shape index (κ2) is 8.23. The fourth-order valence-corrected chi connectivity index (χ4v) is 3.26. The van der Waals surface area contributed by atoms with Crippen molar-refractivity contribution >= 4 is 16.2 Å². The van der Waals surface area contributed by atoms with Crippen molar-refractivity contribution < 1.29 is 18.3 Å². The van der Waals surface area contributed by atoms with Crippen LogP contribution in [0.3, 0.4) is 0 Å². The molecule has 0 spiro atoms. The molecule has 0 aliphatic heterocycles. The van der Waals surface area contributed by atoms with Gasteiger partial charge in [0.1, 0.15) is 6.54 Å². The molecule has 0 heterocycles. The maximum atomic E-state index is 12.3. The molecule has 7 heteroatoms. The summed E-state index contributed by atoms with van der Waals surface area (Å²) in [7, 11) is -3.73. The Morgan fingerprint density at radius 1 is 1.22 bits per heavy atom. The van der Waals surface area contributed by atoms with Crippen LogP contribution in [0.5, 0.6) is 0 Å². The predicted molar refractivity (Wildman–Crippen MR) is 70.5 cm³/mol. The molecule has 0 saturated carbocycles. The van der Waals surface area contributed by atoms with Crippen molar-refractivity contribution in [2.24, 2.45) is 0 Å². The molecule has 0 bridgehead atoms. The van der Waals surface area contributed by atoms with Gasteiger partial charge in [-0.15, -0.1) is 6.58 Å². The standard InChI is InChI=1S/C11H22N2O4S/c1-4-7-12(8-5-2)18(16,17)13(9-6-3)10-11(14)15/h6H,3-5,7-10H2,1-2H3,(H,14,15). The van der Waals surface area contributed by atoms with E-state index in [4.69, 9.17) is 5.11 Å². The molecule has 0 atom stereocenters. The molecule has 0 aliphatic carbocycles. The van der Waals surface area contributed by atoms with Crippen molar-refractivity contribution in [1.82, 2.24) is 8.61 Å². The van der Waals surface area contributed by atoms with E-state index in [1.54, 1.807) is 0 Å². The predicted octanol–water partition coefficient (Wildman–Crippen LogP) is 0.926. The van der Waals surface area contributed by atoms with E-state index in [9.17, 15) is 13.2 Å². The van der Waals surface area contributed by atoms with Gasteiger partial charge >= 0.3 is 5.97 Å². The molecular formula is C11H22N2O4S. The first-order chi connectivity index (χ1) is 8.39. The average Bonchev–Trinajstić information content (AvgIpc) is 2.27. The molecule has 0 unspecified atom stereocenters. The van der Waals surface area contributed by atoms with Crippen molar-refractivity contribution in [3.8, 4) is 0 Å². The second-order valence-corrected chi connectivity index (χ2v) is 5.81. The van der Waals surface area contributed by atoms with Crippen LogP contribution in [0.4, 0.5) is 0 Å². The number of aliphatic carboxylic acids is 1. The number of hydrogen-bond acceptors (Lipinski definition) is 3. The fourth-order valence-electron chi connectivity index (χ4n) is 1.54. The van der Waals surface area contributed by atoms with Crippen LogP contribution in [0.1, 0.15) is 26.7 Å². The van der Waals surface area contributed by atoms with Crippen molar-refractivity contribution in [1.29, 1.82) is 0 Å². The highest BCUT2D eigenvalue weighted by Gasteiger charge is 2.29. The van der Waals surface area contributed by atoms with Crippen LogP contribution in [-0.4, -0.2) is 54.3 Å². The molecular weight excluding hydrogens is 256 g/mol. The highest BCUT2D eigenvalue weighted by atomic mass is 32.2. The Bertz CT molecular complexity index is 361. The Balaban J connectivity index is 5.09. The highest BCUT2D eigenvalue weighted by Crippen LogP contribution is 2.10. The zero-order valence-electron chi connectivity index (χ0n) is 11.0. The van der Waals surface area contributed by atoms with E-state index >= 15 is 0 Å². The summed E-state index contributed by atoms with van der Waals surface area (Å²) < 4.78 is 26.8. The molecule has 0 aromatic carbocycles. The molecule has 18 heavy (non-hydrogen) atoms. The summed E-state index contributed by atoms with van der Waals surface area (Å²) in [5.74, 6) is -1.17. The van der Waals surface area contributed by atoms with Crippen molar-refractivity contribution in [3.63, 3.8) is 0 Å². The molecule has 0 aromatic rings. The number of carbonyl (C=O) groups is 1. The molecule has 0 fully saturated rings. The van der Waals surface area contributed by atoms with Crippen molar-refractivity contribution in [2.45, 2.75) is 26.7 Å². The number of carboxylic acid groups (broad SMARTS) is 1. The van der Waals surface area contributed by atoms with Gasteiger partial charge in [0.05, 0.1) is 0 Å². The highest BCUT2D eigenvalue weighted by molar-refractivity contribution is 7.86. The third-order valence-electron chi connectivity index (χ3n) is 2.24. The van der Waals surface area contributed by atoms with Crippen LogP contribution in [0.2, 0.25) is 0 Å². The minimum atomic E-state index is -3.73. The lowest BCUT2D eigenvalue weighted by Crippen LogP contribution is -2.46. The van der Waals surface area contributed by atoms with Gasteiger partial charge in [-0.05, 0) is 12.8 Å². The molecule has 0 aromatic heterocycles. The van der Waals surface area contributed by atoms with Gasteiger partial charge in [0.15, 0.2) is 0 Å². The largest absolute Gasteiger partial charge is 0.480 e. The van der Waals surface area contributed by atoms with Crippen molar-refractivity contribution in [3.05, 3.63) is 12.7 Å². The Morgan fingerprint density at radius 2 is 1.72 bits per heavy atom. The molecule has 6 nitrogen and oxygen atoms in total. The van der Waals surface area contributed by atoms with Crippen molar-refractivity contribution in [2.75, 3.05) is 26.2 Å². The topological polar surface area (TPSA) is 77.9 Å². The second-order valence-electron chi connectivity index (χ2n) is 3.88. The normalized spacial score (nSPS) is 12.0. The van der Waals surface area contributed by atoms with E-state index in [0.29, 0.717) is 25.9 Å². The number of nitrogens with zero attached hydrogens (tertiary/aromatic N) is 2. The Kier molecular flexibility index (Phi) is 7.81. The lowest BCUT2D eigenvalue weighted by Gasteiger charge is -2.27. The van der Waals surface area contributed by atoms with Gasteiger partial charge in [0.2, 0.25) is 0 Å². The average molecular weight is 278 g/mol. The summed E-state index contributed by atoms with van der Waals surface area (Å²) in [6.07, 6.45) is 2.76. The quantitative estimate of drug-likeness (QED) is 0.603. The summed E-state index contributed by atoms with van der Waals surface area (Å²) in [5.41, 5.74) is 0. The number of rotatable bonds is 10. The summed E-state index contributed by atoms with van der Waals surface area (Å²) in [5, 5.41) is 8.76. The monoisotopic (exact) mass is 278 g/mol. The van der Waals surface area contributed by atoms with Crippen LogP contribution >= 0.6 is 0 Å². The maximum Gasteiger partial charge on any atom is 0.318 e. The first-order valence-corrected chi connectivity index (χ1v) is 7.37. The minimum absolute atomic E-state index is 0.00143. The smallest absolute Gasteiger partial charge is 0.318 e. The molecule has 0 radical (unpaired) electrons. The molecule has 0 amide bonds. The number of hydrogen-bond donors (Lipinski definition) is 1. The van der Waals surface area contributed by atoms with Gasteiger partial charge in [0, 0.05) is 19.6 Å². The van der Waals surface area contributed by atoms with Crippen LogP contribution in [0.15, 0.2) is 12.7 Å². The zero-order chi connectivity index (χ0) is 14.2. The fraction of sp³-hybridized carbons (Fsp3) is 0.727. The van der Waals surface area contributed by atoms with E-state index in [2.05, 4.69) is 6.58 Å². The summed E-state index contributed by atoms with van der Waals surface area (Å²) in [4.78, 5) is 10.7. The summed E-state index contributed by atoms with van der Waals surface area (Å²) >= 11 is 0. The van der Waals surface area contributed by atoms with Crippen LogP contribution < -0.4 is 0 Å². The Hall–Kier alpha value is -0.920. The van der Waals surface area contributed by atoms with Gasteiger partial charge in [-0.1, -0.05) is 19.9 Å². The van der Waals surface area contributed by atoms with Gasteiger partial charge in [-0.2, -0.15) is 17.0 Å².